The zero-order valence-electron chi connectivity index (χ0n) is 10.1. The highest BCUT2D eigenvalue weighted by Gasteiger charge is 2.00. The van der Waals surface area contributed by atoms with Crippen LogP contribution in [0.1, 0.15) is 16.7 Å². The summed E-state index contributed by atoms with van der Waals surface area (Å²) in [6, 6.07) is 14.1. The first-order valence-corrected chi connectivity index (χ1v) is 5.68. The maximum atomic E-state index is 12.9. The van der Waals surface area contributed by atoms with Crippen molar-refractivity contribution in [2.24, 2.45) is 0 Å². The van der Waals surface area contributed by atoms with Crippen LogP contribution in [0.4, 0.5) is 10.1 Å². The number of rotatable bonds is 3. The summed E-state index contributed by atoms with van der Waals surface area (Å²) in [4.78, 5) is 0. The van der Waals surface area contributed by atoms with Crippen LogP contribution >= 0.6 is 0 Å². The normalized spacial score (nSPS) is 9.83. The van der Waals surface area contributed by atoms with Crippen molar-refractivity contribution in [1.29, 1.82) is 5.26 Å². The summed E-state index contributed by atoms with van der Waals surface area (Å²) in [5.74, 6) is -0.226. The minimum absolute atomic E-state index is 0.226. The number of benzene rings is 2. The van der Waals surface area contributed by atoms with Gasteiger partial charge in [-0.15, -0.1) is 0 Å². The fraction of sp³-hybridized carbons (Fsp3) is 0.133. The number of halogens is 1. The topological polar surface area (TPSA) is 35.8 Å². The molecule has 0 amide bonds. The van der Waals surface area contributed by atoms with Crippen LogP contribution in [-0.2, 0) is 6.54 Å². The van der Waals surface area contributed by atoms with Gasteiger partial charge in [-0.25, -0.2) is 4.39 Å². The Morgan fingerprint density at radius 3 is 2.50 bits per heavy atom. The molecule has 2 nitrogen and oxygen atoms in total. The molecule has 0 radical (unpaired) electrons. The van der Waals surface area contributed by atoms with Crippen LogP contribution in [0.5, 0.6) is 0 Å². The first-order valence-electron chi connectivity index (χ1n) is 5.68. The van der Waals surface area contributed by atoms with Crippen LogP contribution in [0, 0.1) is 24.1 Å². The van der Waals surface area contributed by atoms with Crippen molar-refractivity contribution in [1.82, 2.24) is 0 Å². The molecular weight excluding hydrogens is 227 g/mol. The summed E-state index contributed by atoms with van der Waals surface area (Å²) in [5.41, 5.74) is 3.53. The highest BCUT2D eigenvalue weighted by atomic mass is 19.1. The molecule has 0 aromatic heterocycles. The molecule has 2 aromatic rings. The van der Waals surface area contributed by atoms with Crippen molar-refractivity contribution in [3.8, 4) is 6.07 Å². The van der Waals surface area contributed by atoms with E-state index in [1.807, 2.05) is 19.1 Å². The minimum Gasteiger partial charge on any atom is -0.381 e. The van der Waals surface area contributed by atoms with E-state index < -0.39 is 0 Å². The van der Waals surface area contributed by atoms with Crippen molar-refractivity contribution < 1.29 is 4.39 Å². The lowest BCUT2D eigenvalue weighted by Gasteiger charge is -2.09. The Morgan fingerprint density at radius 2 is 1.89 bits per heavy atom. The zero-order chi connectivity index (χ0) is 13.0. The number of anilines is 1. The van der Waals surface area contributed by atoms with Crippen LogP contribution in [0.15, 0.2) is 42.5 Å². The summed E-state index contributed by atoms with van der Waals surface area (Å²) < 4.78 is 12.9. The fourth-order valence-corrected chi connectivity index (χ4v) is 1.72. The number of nitrogens with one attached hydrogen (secondary N) is 1. The molecule has 0 spiro atoms. The second kappa shape index (κ2) is 5.33. The predicted molar refractivity (Wildman–Crippen MR) is 69.6 cm³/mol. The molecule has 0 unspecified atom stereocenters. The van der Waals surface area contributed by atoms with E-state index in [4.69, 9.17) is 5.26 Å². The van der Waals surface area contributed by atoms with Gasteiger partial charge in [0.2, 0.25) is 0 Å². The summed E-state index contributed by atoms with van der Waals surface area (Å²) >= 11 is 0. The highest BCUT2D eigenvalue weighted by Crippen LogP contribution is 2.16. The number of nitrogens with zero attached hydrogens (tertiary/aromatic N) is 1. The number of hydrogen-bond acceptors (Lipinski definition) is 2. The highest BCUT2D eigenvalue weighted by molar-refractivity contribution is 5.51. The van der Waals surface area contributed by atoms with Crippen LogP contribution in [0.3, 0.4) is 0 Å². The van der Waals surface area contributed by atoms with Gasteiger partial charge in [-0.2, -0.15) is 5.26 Å². The molecule has 0 saturated heterocycles. The lowest BCUT2D eigenvalue weighted by molar-refractivity contribution is 0.627. The second-order valence-electron chi connectivity index (χ2n) is 4.12. The van der Waals surface area contributed by atoms with E-state index in [9.17, 15) is 4.39 Å². The van der Waals surface area contributed by atoms with Crippen molar-refractivity contribution in [2.45, 2.75) is 13.5 Å². The summed E-state index contributed by atoms with van der Waals surface area (Å²) in [6.07, 6.45) is 0. The molecular formula is C15H13FN2. The largest absolute Gasteiger partial charge is 0.381 e. The molecule has 0 fully saturated rings. The lowest BCUT2D eigenvalue weighted by Crippen LogP contribution is -2.01. The number of aryl methyl sites for hydroxylation is 1. The third kappa shape index (κ3) is 2.86. The maximum absolute atomic E-state index is 12.9. The molecule has 18 heavy (non-hydrogen) atoms. The molecule has 0 bridgehead atoms. The standard InChI is InChI=1S/C15H13FN2/c1-11-8-14(16)6-7-15(11)18-10-13-4-2-12(9-17)3-5-13/h2-8,18H,10H2,1H3. The quantitative estimate of drug-likeness (QED) is 0.889. The van der Waals surface area contributed by atoms with E-state index >= 15 is 0 Å². The Kier molecular flexibility index (Phi) is 3.59. The predicted octanol–water partition coefficient (Wildman–Crippen LogP) is 3.62. The zero-order valence-corrected chi connectivity index (χ0v) is 10.1. The van der Waals surface area contributed by atoms with Crippen molar-refractivity contribution >= 4 is 5.69 Å². The second-order valence-corrected chi connectivity index (χ2v) is 4.12. The Bertz CT molecular complexity index is 582. The first kappa shape index (κ1) is 12.1. The molecule has 0 aliphatic heterocycles. The van der Waals surface area contributed by atoms with Crippen molar-refractivity contribution in [3.05, 3.63) is 65.0 Å². The Labute approximate surface area is 106 Å². The minimum atomic E-state index is -0.226. The van der Waals surface area contributed by atoms with Gasteiger partial charge < -0.3 is 5.32 Å². The molecule has 2 rings (SSSR count). The molecule has 1 N–H and O–H groups in total. The van der Waals surface area contributed by atoms with Gasteiger partial charge in [0.25, 0.3) is 0 Å². The molecule has 3 heteroatoms. The van der Waals surface area contributed by atoms with Gasteiger partial charge in [-0.05, 0) is 48.4 Å². The van der Waals surface area contributed by atoms with Gasteiger partial charge in [-0.3, -0.25) is 0 Å². The summed E-state index contributed by atoms with van der Waals surface area (Å²) in [7, 11) is 0. The van der Waals surface area contributed by atoms with Crippen LogP contribution in [-0.4, -0.2) is 0 Å². The number of hydrogen-bond donors (Lipinski definition) is 1. The Morgan fingerprint density at radius 1 is 1.17 bits per heavy atom. The molecule has 0 atom stereocenters. The molecule has 0 saturated carbocycles. The van der Waals surface area contributed by atoms with Gasteiger partial charge >= 0.3 is 0 Å². The molecule has 90 valence electrons. The molecule has 0 aliphatic carbocycles. The van der Waals surface area contributed by atoms with Gasteiger partial charge in [0.15, 0.2) is 0 Å². The fourth-order valence-electron chi connectivity index (χ4n) is 1.72. The SMILES string of the molecule is Cc1cc(F)ccc1NCc1ccc(C#N)cc1. The molecule has 0 aliphatic rings. The molecule has 0 heterocycles. The third-order valence-corrected chi connectivity index (χ3v) is 2.75. The van der Waals surface area contributed by atoms with Gasteiger partial charge in [0.05, 0.1) is 11.6 Å². The van der Waals surface area contributed by atoms with Gasteiger partial charge in [0, 0.05) is 12.2 Å². The van der Waals surface area contributed by atoms with E-state index in [0.29, 0.717) is 12.1 Å². The summed E-state index contributed by atoms with van der Waals surface area (Å²) in [6.45, 7) is 2.52. The van der Waals surface area contributed by atoms with Crippen LogP contribution < -0.4 is 5.32 Å². The maximum Gasteiger partial charge on any atom is 0.123 e. The Balaban J connectivity index is 2.04. The van der Waals surface area contributed by atoms with Crippen LogP contribution in [0.25, 0.3) is 0 Å². The average molecular weight is 240 g/mol. The van der Waals surface area contributed by atoms with E-state index in [0.717, 1.165) is 16.8 Å². The van der Waals surface area contributed by atoms with E-state index in [2.05, 4.69) is 11.4 Å². The molecule has 2 aromatic carbocycles. The van der Waals surface area contributed by atoms with Crippen molar-refractivity contribution in [3.63, 3.8) is 0 Å². The van der Waals surface area contributed by atoms with Crippen LogP contribution in [0.2, 0.25) is 0 Å². The van der Waals surface area contributed by atoms with Gasteiger partial charge in [-0.1, -0.05) is 12.1 Å². The van der Waals surface area contributed by atoms with Crippen molar-refractivity contribution in [2.75, 3.05) is 5.32 Å². The Hall–Kier alpha value is -2.34. The summed E-state index contributed by atoms with van der Waals surface area (Å²) in [5, 5.41) is 11.9. The average Bonchev–Trinajstić information content (AvgIpc) is 2.38. The van der Waals surface area contributed by atoms with Gasteiger partial charge in [0.1, 0.15) is 5.82 Å². The third-order valence-electron chi connectivity index (χ3n) is 2.75. The number of nitriles is 1. The van der Waals surface area contributed by atoms with E-state index in [-0.39, 0.29) is 5.82 Å². The lowest BCUT2D eigenvalue weighted by atomic mass is 10.1. The monoisotopic (exact) mass is 240 g/mol. The first-order chi connectivity index (χ1) is 8.69. The van der Waals surface area contributed by atoms with E-state index in [1.165, 1.54) is 12.1 Å². The smallest absolute Gasteiger partial charge is 0.123 e. The van der Waals surface area contributed by atoms with E-state index in [1.54, 1.807) is 18.2 Å².